The van der Waals surface area contributed by atoms with Crippen LogP contribution < -0.4 is 0 Å². The molecular formula is C7H11NOS. The molecule has 0 radical (unpaired) electrons. The molecule has 1 rings (SSSR count). The van der Waals surface area contributed by atoms with Crippen LogP contribution in [0.2, 0.25) is 0 Å². The second-order valence-electron chi connectivity index (χ2n) is 2.25. The van der Waals surface area contributed by atoms with E-state index in [1.54, 1.807) is 0 Å². The Morgan fingerprint density at radius 1 is 1.80 bits per heavy atom. The van der Waals surface area contributed by atoms with E-state index in [4.69, 9.17) is 0 Å². The van der Waals surface area contributed by atoms with Gasteiger partial charge in [-0.15, -0.1) is 11.3 Å². The van der Waals surface area contributed by atoms with Gasteiger partial charge in [-0.25, -0.2) is 4.98 Å². The number of thiazole rings is 1. The number of hydrogen-bond acceptors (Lipinski definition) is 3. The number of aliphatic hydroxyl groups is 1. The van der Waals surface area contributed by atoms with Crippen LogP contribution in [0.3, 0.4) is 0 Å². The van der Waals surface area contributed by atoms with Gasteiger partial charge in [-0.05, 0) is 13.3 Å². The van der Waals surface area contributed by atoms with Crippen molar-refractivity contribution in [2.45, 2.75) is 26.4 Å². The molecule has 1 aromatic rings. The van der Waals surface area contributed by atoms with Gasteiger partial charge in [0.1, 0.15) is 11.1 Å². The zero-order valence-corrected chi connectivity index (χ0v) is 6.98. The molecule has 0 amide bonds. The molecule has 2 nitrogen and oxygen atoms in total. The Balaban J connectivity index is 2.74. The fourth-order valence-electron chi connectivity index (χ4n) is 0.700. The largest absolute Gasteiger partial charge is 0.386 e. The lowest BCUT2D eigenvalue weighted by Crippen LogP contribution is -1.93. The Kier molecular flexibility index (Phi) is 2.40. The summed E-state index contributed by atoms with van der Waals surface area (Å²) in [6, 6.07) is 0. The number of rotatable bonds is 2. The number of nitrogens with zero attached hydrogens (tertiary/aromatic N) is 1. The summed E-state index contributed by atoms with van der Waals surface area (Å²) >= 11 is 1.52. The Bertz CT molecular complexity index is 209. The summed E-state index contributed by atoms with van der Waals surface area (Å²) in [5.74, 6) is 0. The van der Waals surface area contributed by atoms with Gasteiger partial charge >= 0.3 is 0 Å². The van der Waals surface area contributed by atoms with Gasteiger partial charge in [0.25, 0.3) is 0 Å². The van der Waals surface area contributed by atoms with Crippen LogP contribution >= 0.6 is 11.3 Å². The van der Waals surface area contributed by atoms with Gasteiger partial charge in [-0.1, -0.05) is 6.92 Å². The van der Waals surface area contributed by atoms with Gasteiger partial charge in [0.2, 0.25) is 0 Å². The molecule has 0 unspecified atom stereocenters. The topological polar surface area (TPSA) is 33.1 Å². The maximum atomic E-state index is 9.29. The minimum atomic E-state index is -0.362. The zero-order valence-electron chi connectivity index (χ0n) is 6.16. The second kappa shape index (κ2) is 3.12. The molecule has 0 aliphatic carbocycles. The SMILES string of the molecule is CC[C@H](O)c1nc(C)cs1. The van der Waals surface area contributed by atoms with E-state index in [0.29, 0.717) is 0 Å². The van der Waals surface area contributed by atoms with Crippen molar-refractivity contribution >= 4 is 11.3 Å². The lowest BCUT2D eigenvalue weighted by molar-refractivity contribution is 0.173. The molecule has 1 atom stereocenters. The Morgan fingerprint density at radius 3 is 2.90 bits per heavy atom. The highest BCUT2D eigenvalue weighted by Gasteiger charge is 2.07. The highest BCUT2D eigenvalue weighted by molar-refractivity contribution is 7.09. The molecule has 56 valence electrons. The van der Waals surface area contributed by atoms with Crippen molar-refractivity contribution in [2.24, 2.45) is 0 Å². The maximum Gasteiger partial charge on any atom is 0.121 e. The standard InChI is InChI=1S/C7H11NOS/c1-3-6(9)7-8-5(2)4-10-7/h4,6,9H,3H2,1-2H3/t6-/m0/s1. The molecule has 0 aliphatic heterocycles. The van der Waals surface area contributed by atoms with E-state index in [-0.39, 0.29) is 6.10 Å². The van der Waals surface area contributed by atoms with Crippen LogP contribution in [-0.4, -0.2) is 10.1 Å². The predicted molar refractivity (Wildman–Crippen MR) is 42.1 cm³/mol. The first-order chi connectivity index (χ1) is 4.74. The number of aryl methyl sites for hydroxylation is 1. The Morgan fingerprint density at radius 2 is 2.50 bits per heavy atom. The van der Waals surface area contributed by atoms with Gasteiger partial charge in [-0.3, -0.25) is 0 Å². The maximum absolute atomic E-state index is 9.29. The van der Waals surface area contributed by atoms with Gasteiger partial charge in [0, 0.05) is 11.1 Å². The summed E-state index contributed by atoms with van der Waals surface area (Å²) in [6.07, 6.45) is 0.381. The minimum Gasteiger partial charge on any atom is -0.386 e. The highest BCUT2D eigenvalue weighted by atomic mass is 32.1. The van der Waals surface area contributed by atoms with E-state index in [0.717, 1.165) is 17.1 Å². The van der Waals surface area contributed by atoms with Crippen molar-refractivity contribution < 1.29 is 5.11 Å². The molecule has 0 aromatic carbocycles. The smallest absolute Gasteiger partial charge is 0.121 e. The molecule has 0 saturated carbocycles. The summed E-state index contributed by atoms with van der Waals surface area (Å²) < 4.78 is 0. The third-order valence-corrected chi connectivity index (χ3v) is 2.37. The van der Waals surface area contributed by atoms with Crippen LogP contribution in [0.4, 0.5) is 0 Å². The van der Waals surface area contributed by atoms with E-state index < -0.39 is 0 Å². The third-order valence-electron chi connectivity index (χ3n) is 1.31. The average molecular weight is 157 g/mol. The molecule has 0 spiro atoms. The van der Waals surface area contributed by atoms with Crippen molar-refractivity contribution in [1.82, 2.24) is 4.98 Å². The summed E-state index contributed by atoms with van der Waals surface area (Å²) in [5, 5.41) is 12.1. The quantitative estimate of drug-likeness (QED) is 0.711. The third kappa shape index (κ3) is 1.55. The molecule has 1 heterocycles. The van der Waals surface area contributed by atoms with Crippen molar-refractivity contribution in [3.63, 3.8) is 0 Å². The first-order valence-corrected chi connectivity index (χ1v) is 4.22. The zero-order chi connectivity index (χ0) is 7.56. The van der Waals surface area contributed by atoms with Crippen molar-refractivity contribution in [1.29, 1.82) is 0 Å². The van der Waals surface area contributed by atoms with E-state index in [1.165, 1.54) is 11.3 Å². The molecule has 10 heavy (non-hydrogen) atoms. The summed E-state index contributed by atoms with van der Waals surface area (Å²) in [4.78, 5) is 4.15. The van der Waals surface area contributed by atoms with Crippen LogP contribution in [0.5, 0.6) is 0 Å². The van der Waals surface area contributed by atoms with Crippen LogP contribution in [0.15, 0.2) is 5.38 Å². The molecule has 1 N–H and O–H groups in total. The first kappa shape index (κ1) is 7.69. The normalized spacial score (nSPS) is 13.5. The van der Waals surface area contributed by atoms with Gasteiger partial charge in [0.05, 0.1) is 0 Å². The fraction of sp³-hybridized carbons (Fsp3) is 0.571. The molecule has 0 saturated heterocycles. The van der Waals surface area contributed by atoms with E-state index in [2.05, 4.69) is 4.98 Å². The summed E-state index contributed by atoms with van der Waals surface area (Å²) in [5.41, 5.74) is 0.993. The lowest BCUT2D eigenvalue weighted by atomic mass is 10.3. The van der Waals surface area contributed by atoms with Crippen LogP contribution in [-0.2, 0) is 0 Å². The molecule has 0 bridgehead atoms. The minimum absolute atomic E-state index is 0.362. The van der Waals surface area contributed by atoms with Crippen LogP contribution in [0.1, 0.15) is 30.2 Å². The van der Waals surface area contributed by atoms with Crippen LogP contribution in [0.25, 0.3) is 0 Å². The van der Waals surface area contributed by atoms with E-state index in [1.807, 2.05) is 19.2 Å². The summed E-state index contributed by atoms with van der Waals surface area (Å²) in [6.45, 7) is 3.88. The number of aliphatic hydroxyl groups excluding tert-OH is 1. The predicted octanol–water partition coefficient (Wildman–Crippen LogP) is 1.89. The first-order valence-electron chi connectivity index (χ1n) is 3.34. The van der Waals surface area contributed by atoms with Crippen molar-refractivity contribution in [2.75, 3.05) is 0 Å². The van der Waals surface area contributed by atoms with E-state index in [9.17, 15) is 5.11 Å². The van der Waals surface area contributed by atoms with Gasteiger partial charge < -0.3 is 5.11 Å². The monoisotopic (exact) mass is 157 g/mol. The molecule has 0 aliphatic rings. The van der Waals surface area contributed by atoms with E-state index >= 15 is 0 Å². The molecule has 1 aromatic heterocycles. The van der Waals surface area contributed by atoms with Crippen molar-refractivity contribution in [3.05, 3.63) is 16.1 Å². The Hall–Kier alpha value is -0.410. The molecule has 0 fully saturated rings. The Labute approximate surface area is 64.5 Å². The molecular weight excluding hydrogens is 146 g/mol. The number of hydrogen-bond donors (Lipinski definition) is 1. The van der Waals surface area contributed by atoms with Crippen molar-refractivity contribution in [3.8, 4) is 0 Å². The average Bonchev–Trinajstić information content (AvgIpc) is 2.34. The van der Waals surface area contributed by atoms with Gasteiger partial charge in [-0.2, -0.15) is 0 Å². The number of aromatic nitrogens is 1. The van der Waals surface area contributed by atoms with Gasteiger partial charge in [0.15, 0.2) is 0 Å². The van der Waals surface area contributed by atoms with Crippen LogP contribution in [0, 0.1) is 6.92 Å². The highest BCUT2D eigenvalue weighted by Crippen LogP contribution is 2.19. The lowest BCUT2D eigenvalue weighted by Gasteiger charge is -2.00. The molecule has 3 heteroatoms. The second-order valence-corrected chi connectivity index (χ2v) is 3.14. The summed E-state index contributed by atoms with van der Waals surface area (Å²) in [7, 11) is 0. The fourth-order valence-corrected chi connectivity index (χ4v) is 1.56.